The molecule has 0 saturated heterocycles. The van der Waals surface area contributed by atoms with Gasteiger partial charge in [-0.3, -0.25) is 4.79 Å². The van der Waals surface area contributed by atoms with Gasteiger partial charge < -0.3 is 5.11 Å². The number of hydrogen-bond donors (Lipinski definition) is 1. The van der Waals surface area contributed by atoms with E-state index in [1.54, 1.807) is 6.08 Å². The van der Waals surface area contributed by atoms with Crippen molar-refractivity contribution in [3.63, 3.8) is 0 Å². The summed E-state index contributed by atoms with van der Waals surface area (Å²) in [5.74, 6) is -0.610. The van der Waals surface area contributed by atoms with Crippen molar-refractivity contribution < 1.29 is 9.90 Å². The van der Waals surface area contributed by atoms with E-state index >= 15 is 0 Å². The third-order valence-electron chi connectivity index (χ3n) is 0.802. The molecule has 0 aromatic carbocycles. The van der Waals surface area contributed by atoms with Crippen LogP contribution in [0.3, 0.4) is 0 Å². The van der Waals surface area contributed by atoms with Crippen LogP contribution in [0.25, 0.3) is 0 Å². The molecule has 9 heavy (non-hydrogen) atoms. The van der Waals surface area contributed by atoms with E-state index < -0.39 is 5.97 Å². The fraction of sp³-hybridized carbons (Fsp3) is 0.500. The summed E-state index contributed by atoms with van der Waals surface area (Å²) in [5, 5.41) is 8.44. The third kappa shape index (κ3) is 5.43. The summed E-state index contributed by atoms with van der Waals surface area (Å²) >= 11 is 1.37. The molecule has 0 spiro atoms. The first-order valence-corrected chi connectivity index (χ1v) is 3.67. The molecule has 0 aromatic heterocycles. The van der Waals surface area contributed by atoms with E-state index in [2.05, 4.69) is 6.58 Å². The molecular weight excluding hydrogens is 136 g/mol. The molecular formula is C6H10O2S. The first kappa shape index (κ1) is 8.56. The standard InChI is InChI=1S/C6H10O2S/c1-3-5(2)9-4-6(7)8/h3,5H,1,4H2,2H3,(H,7,8). The molecule has 0 aromatic rings. The Labute approximate surface area is 59.0 Å². The molecule has 0 heterocycles. The quantitative estimate of drug-likeness (QED) is 0.609. The van der Waals surface area contributed by atoms with Gasteiger partial charge in [-0.05, 0) is 6.92 Å². The molecule has 0 fully saturated rings. The fourth-order valence-electron chi connectivity index (χ4n) is 0.271. The van der Waals surface area contributed by atoms with E-state index in [9.17, 15) is 4.79 Å². The van der Waals surface area contributed by atoms with Crippen molar-refractivity contribution >= 4 is 17.7 Å². The number of aliphatic carboxylic acids is 1. The number of carboxylic acids is 1. The van der Waals surface area contributed by atoms with Crippen LogP contribution in [0.5, 0.6) is 0 Å². The van der Waals surface area contributed by atoms with Crippen LogP contribution in [0.1, 0.15) is 6.92 Å². The zero-order valence-corrected chi connectivity index (χ0v) is 6.15. The van der Waals surface area contributed by atoms with Crippen LogP contribution in [0.4, 0.5) is 0 Å². The molecule has 0 saturated carbocycles. The summed E-state index contributed by atoms with van der Waals surface area (Å²) in [4.78, 5) is 9.96. The van der Waals surface area contributed by atoms with Gasteiger partial charge in [0.1, 0.15) is 0 Å². The maximum Gasteiger partial charge on any atom is 0.313 e. The Morgan fingerprint density at radius 2 is 2.56 bits per heavy atom. The molecule has 0 aliphatic carbocycles. The van der Waals surface area contributed by atoms with E-state index in [4.69, 9.17) is 5.11 Å². The molecule has 2 nitrogen and oxygen atoms in total. The minimum absolute atomic E-state index is 0.160. The van der Waals surface area contributed by atoms with Crippen molar-refractivity contribution in [2.75, 3.05) is 5.75 Å². The van der Waals surface area contributed by atoms with Crippen LogP contribution in [0.15, 0.2) is 12.7 Å². The minimum Gasteiger partial charge on any atom is -0.481 e. The molecule has 1 atom stereocenters. The fourth-order valence-corrected chi connectivity index (χ4v) is 0.812. The number of rotatable bonds is 4. The highest BCUT2D eigenvalue weighted by Gasteiger charge is 1.99. The SMILES string of the molecule is C=CC(C)SCC(=O)O. The third-order valence-corrected chi connectivity index (χ3v) is 1.93. The van der Waals surface area contributed by atoms with Crippen molar-refractivity contribution in [2.45, 2.75) is 12.2 Å². The summed E-state index contributed by atoms with van der Waals surface area (Å²) < 4.78 is 0. The molecule has 0 amide bonds. The Kier molecular flexibility index (Phi) is 4.22. The van der Waals surface area contributed by atoms with Gasteiger partial charge in [-0.25, -0.2) is 0 Å². The van der Waals surface area contributed by atoms with Gasteiger partial charge in [-0.1, -0.05) is 6.08 Å². The minimum atomic E-state index is -0.770. The zero-order chi connectivity index (χ0) is 7.28. The topological polar surface area (TPSA) is 37.3 Å². The smallest absolute Gasteiger partial charge is 0.313 e. The normalized spacial score (nSPS) is 12.6. The highest BCUT2D eigenvalue weighted by Crippen LogP contribution is 2.09. The van der Waals surface area contributed by atoms with Gasteiger partial charge in [0.05, 0.1) is 5.75 Å². The van der Waals surface area contributed by atoms with Gasteiger partial charge in [-0.2, -0.15) is 0 Å². The van der Waals surface area contributed by atoms with Crippen LogP contribution in [0, 0.1) is 0 Å². The average Bonchev–Trinajstić information content (AvgIpc) is 1.83. The Balaban J connectivity index is 3.26. The summed E-state index contributed by atoms with van der Waals surface area (Å²) in [6.45, 7) is 5.44. The predicted molar refractivity (Wildman–Crippen MR) is 39.8 cm³/mol. The van der Waals surface area contributed by atoms with Crippen molar-refractivity contribution in [3.8, 4) is 0 Å². The summed E-state index contributed by atoms with van der Waals surface area (Å²) in [6, 6.07) is 0. The second-order valence-electron chi connectivity index (χ2n) is 1.65. The monoisotopic (exact) mass is 146 g/mol. The first-order chi connectivity index (χ1) is 4.16. The van der Waals surface area contributed by atoms with E-state index in [-0.39, 0.29) is 11.0 Å². The number of carboxylic acid groups (broad SMARTS) is 1. The summed E-state index contributed by atoms with van der Waals surface area (Å²) in [7, 11) is 0. The molecule has 0 radical (unpaired) electrons. The van der Waals surface area contributed by atoms with Crippen molar-refractivity contribution in [1.82, 2.24) is 0 Å². The second-order valence-corrected chi connectivity index (χ2v) is 3.01. The Bertz CT molecular complexity index is 112. The molecule has 0 aliphatic heterocycles. The highest BCUT2D eigenvalue weighted by molar-refractivity contribution is 8.00. The Morgan fingerprint density at radius 1 is 2.00 bits per heavy atom. The molecule has 0 aliphatic rings. The predicted octanol–water partition coefficient (Wildman–Crippen LogP) is 1.38. The van der Waals surface area contributed by atoms with Crippen molar-refractivity contribution in [3.05, 3.63) is 12.7 Å². The van der Waals surface area contributed by atoms with E-state index in [0.29, 0.717) is 0 Å². The van der Waals surface area contributed by atoms with E-state index in [0.717, 1.165) is 0 Å². The zero-order valence-electron chi connectivity index (χ0n) is 5.33. The highest BCUT2D eigenvalue weighted by atomic mass is 32.2. The van der Waals surface area contributed by atoms with Gasteiger partial charge in [0.15, 0.2) is 0 Å². The van der Waals surface area contributed by atoms with Crippen LogP contribution in [-0.4, -0.2) is 22.1 Å². The number of carbonyl (C=O) groups is 1. The molecule has 3 heteroatoms. The lowest BCUT2D eigenvalue weighted by Gasteiger charge is -1.99. The maximum absolute atomic E-state index is 9.96. The molecule has 0 bridgehead atoms. The maximum atomic E-state index is 9.96. The Morgan fingerprint density at radius 3 is 2.89 bits per heavy atom. The molecule has 0 rings (SSSR count). The van der Waals surface area contributed by atoms with E-state index in [1.165, 1.54) is 11.8 Å². The second kappa shape index (κ2) is 4.44. The van der Waals surface area contributed by atoms with Gasteiger partial charge in [0, 0.05) is 5.25 Å². The van der Waals surface area contributed by atoms with Gasteiger partial charge in [-0.15, -0.1) is 18.3 Å². The largest absolute Gasteiger partial charge is 0.481 e. The lowest BCUT2D eigenvalue weighted by atomic mass is 10.5. The summed E-state index contributed by atoms with van der Waals surface area (Å²) in [6.07, 6.45) is 1.73. The van der Waals surface area contributed by atoms with Crippen molar-refractivity contribution in [1.29, 1.82) is 0 Å². The average molecular weight is 146 g/mol. The van der Waals surface area contributed by atoms with Crippen molar-refractivity contribution in [2.24, 2.45) is 0 Å². The van der Waals surface area contributed by atoms with Gasteiger partial charge in [0.25, 0.3) is 0 Å². The Hall–Kier alpha value is -0.440. The lowest BCUT2D eigenvalue weighted by Crippen LogP contribution is -2.01. The molecule has 1 unspecified atom stereocenters. The van der Waals surface area contributed by atoms with Crippen LogP contribution < -0.4 is 0 Å². The van der Waals surface area contributed by atoms with E-state index in [1.807, 2.05) is 6.92 Å². The first-order valence-electron chi connectivity index (χ1n) is 2.62. The van der Waals surface area contributed by atoms with Gasteiger partial charge in [0.2, 0.25) is 0 Å². The van der Waals surface area contributed by atoms with Crippen LogP contribution in [0.2, 0.25) is 0 Å². The number of hydrogen-bond acceptors (Lipinski definition) is 2. The van der Waals surface area contributed by atoms with Crippen LogP contribution in [-0.2, 0) is 4.79 Å². The number of thioether (sulfide) groups is 1. The summed E-state index contributed by atoms with van der Waals surface area (Å²) in [5.41, 5.74) is 0. The molecule has 52 valence electrons. The molecule has 1 N–H and O–H groups in total. The van der Waals surface area contributed by atoms with Crippen LogP contribution >= 0.6 is 11.8 Å². The lowest BCUT2D eigenvalue weighted by molar-refractivity contribution is -0.133. The van der Waals surface area contributed by atoms with Gasteiger partial charge >= 0.3 is 5.97 Å².